The number of hydrogen-bond acceptors (Lipinski definition) is 3. The van der Waals surface area contributed by atoms with Gasteiger partial charge in [-0.3, -0.25) is 0 Å². The molecule has 1 fully saturated rings. The molecular formula is C13H18O3. The lowest BCUT2D eigenvalue weighted by molar-refractivity contribution is -0.0110. The maximum absolute atomic E-state index is 9.00. The molecule has 0 radical (unpaired) electrons. The fourth-order valence-corrected chi connectivity index (χ4v) is 1.86. The highest BCUT2D eigenvalue weighted by molar-refractivity contribution is 5.27. The summed E-state index contributed by atoms with van der Waals surface area (Å²) >= 11 is 0. The van der Waals surface area contributed by atoms with E-state index in [4.69, 9.17) is 14.6 Å². The molecule has 1 aliphatic heterocycles. The van der Waals surface area contributed by atoms with E-state index in [0.29, 0.717) is 6.61 Å². The molecule has 1 aromatic carbocycles. The van der Waals surface area contributed by atoms with Crippen molar-refractivity contribution in [2.24, 2.45) is 0 Å². The van der Waals surface area contributed by atoms with Crippen molar-refractivity contribution in [1.29, 1.82) is 0 Å². The van der Waals surface area contributed by atoms with Gasteiger partial charge in [0, 0.05) is 6.61 Å². The summed E-state index contributed by atoms with van der Waals surface area (Å²) in [4.78, 5) is 0. The third kappa shape index (κ3) is 3.22. The summed E-state index contributed by atoms with van der Waals surface area (Å²) in [6.07, 6.45) is 3.70. The van der Waals surface area contributed by atoms with Crippen LogP contribution < -0.4 is 4.74 Å². The molecule has 1 saturated heterocycles. The molecule has 1 aromatic rings. The molecule has 88 valence electrons. The Bertz CT molecular complexity index is 319. The van der Waals surface area contributed by atoms with Crippen molar-refractivity contribution in [3.05, 3.63) is 29.8 Å². The van der Waals surface area contributed by atoms with Crippen molar-refractivity contribution in [3.8, 4) is 5.75 Å². The highest BCUT2D eigenvalue weighted by Gasteiger charge is 2.14. The van der Waals surface area contributed by atoms with Crippen LogP contribution in [0.25, 0.3) is 0 Å². The fourth-order valence-electron chi connectivity index (χ4n) is 1.86. The number of aliphatic hydroxyl groups excluding tert-OH is 1. The van der Waals surface area contributed by atoms with Crippen LogP contribution in [0.5, 0.6) is 5.75 Å². The van der Waals surface area contributed by atoms with Gasteiger partial charge in [-0.1, -0.05) is 12.1 Å². The third-order valence-corrected chi connectivity index (χ3v) is 2.79. The standard InChI is InChI=1S/C13H18O3/c14-9-11-4-3-6-12(8-11)16-10-13-5-1-2-7-15-13/h3-4,6,8,13-14H,1-2,5,7,9-10H2. The van der Waals surface area contributed by atoms with Crippen molar-refractivity contribution in [2.45, 2.75) is 32.0 Å². The largest absolute Gasteiger partial charge is 0.491 e. The van der Waals surface area contributed by atoms with Crippen LogP contribution in [0.3, 0.4) is 0 Å². The van der Waals surface area contributed by atoms with E-state index in [1.807, 2.05) is 24.3 Å². The Balaban J connectivity index is 1.83. The maximum Gasteiger partial charge on any atom is 0.119 e. The number of benzene rings is 1. The predicted octanol–water partition coefficient (Wildman–Crippen LogP) is 2.13. The van der Waals surface area contributed by atoms with Crippen LogP contribution in [0.15, 0.2) is 24.3 Å². The maximum atomic E-state index is 9.00. The molecule has 1 heterocycles. The topological polar surface area (TPSA) is 38.7 Å². The molecular weight excluding hydrogens is 204 g/mol. The molecule has 16 heavy (non-hydrogen) atoms. The van der Waals surface area contributed by atoms with Crippen molar-refractivity contribution < 1.29 is 14.6 Å². The summed E-state index contributed by atoms with van der Waals surface area (Å²) in [5.74, 6) is 0.806. The van der Waals surface area contributed by atoms with Crippen LogP contribution in [0, 0.1) is 0 Å². The van der Waals surface area contributed by atoms with Gasteiger partial charge in [0.05, 0.1) is 12.7 Å². The summed E-state index contributed by atoms with van der Waals surface area (Å²) in [5, 5.41) is 9.00. The molecule has 0 bridgehead atoms. The third-order valence-electron chi connectivity index (χ3n) is 2.79. The molecule has 1 atom stereocenters. The molecule has 0 spiro atoms. The summed E-state index contributed by atoms with van der Waals surface area (Å²) in [7, 11) is 0. The van der Waals surface area contributed by atoms with Crippen LogP contribution in [0.4, 0.5) is 0 Å². The zero-order valence-electron chi connectivity index (χ0n) is 9.39. The molecule has 2 rings (SSSR count). The molecule has 0 amide bonds. The minimum absolute atomic E-state index is 0.0527. The first kappa shape index (κ1) is 11.4. The van der Waals surface area contributed by atoms with Crippen LogP contribution >= 0.6 is 0 Å². The zero-order valence-corrected chi connectivity index (χ0v) is 9.39. The highest BCUT2D eigenvalue weighted by Crippen LogP contribution is 2.17. The number of ether oxygens (including phenoxy) is 2. The normalized spacial score (nSPS) is 20.7. The Morgan fingerprint density at radius 1 is 1.38 bits per heavy atom. The van der Waals surface area contributed by atoms with E-state index in [1.165, 1.54) is 6.42 Å². The highest BCUT2D eigenvalue weighted by atomic mass is 16.5. The second kappa shape index (κ2) is 5.87. The van der Waals surface area contributed by atoms with Crippen LogP contribution in [-0.4, -0.2) is 24.4 Å². The van der Waals surface area contributed by atoms with E-state index < -0.39 is 0 Å². The van der Waals surface area contributed by atoms with Gasteiger partial charge in [-0.25, -0.2) is 0 Å². The minimum atomic E-state index is 0.0527. The molecule has 0 saturated carbocycles. The first-order valence-electron chi connectivity index (χ1n) is 5.82. The summed E-state index contributed by atoms with van der Waals surface area (Å²) in [6.45, 7) is 1.51. The van der Waals surface area contributed by atoms with E-state index in [-0.39, 0.29) is 12.7 Å². The second-order valence-corrected chi connectivity index (χ2v) is 4.11. The first-order chi connectivity index (χ1) is 7.88. The van der Waals surface area contributed by atoms with Gasteiger partial charge >= 0.3 is 0 Å². The average Bonchev–Trinajstić information content (AvgIpc) is 2.38. The molecule has 1 aliphatic rings. The van der Waals surface area contributed by atoms with Gasteiger partial charge in [0.1, 0.15) is 12.4 Å². The van der Waals surface area contributed by atoms with Crippen LogP contribution in [-0.2, 0) is 11.3 Å². The molecule has 1 N–H and O–H groups in total. The van der Waals surface area contributed by atoms with Gasteiger partial charge in [0.25, 0.3) is 0 Å². The van der Waals surface area contributed by atoms with Gasteiger partial charge in [0.15, 0.2) is 0 Å². The Hall–Kier alpha value is -1.06. The molecule has 0 aliphatic carbocycles. The SMILES string of the molecule is OCc1cccc(OCC2CCCCO2)c1. The van der Waals surface area contributed by atoms with E-state index in [2.05, 4.69) is 0 Å². The van der Waals surface area contributed by atoms with E-state index in [1.54, 1.807) is 0 Å². The van der Waals surface area contributed by atoms with Crippen molar-refractivity contribution >= 4 is 0 Å². The predicted molar refractivity (Wildman–Crippen MR) is 61.5 cm³/mol. The lowest BCUT2D eigenvalue weighted by Crippen LogP contribution is -2.25. The Morgan fingerprint density at radius 3 is 3.06 bits per heavy atom. The van der Waals surface area contributed by atoms with E-state index in [9.17, 15) is 0 Å². The van der Waals surface area contributed by atoms with E-state index >= 15 is 0 Å². The van der Waals surface area contributed by atoms with Gasteiger partial charge in [-0.05, 0) is 37.0 Å². The minimum Gasteiger partial charge on any atom is -0.491 e. The molecule has 1 unspecified atom stereocenters. The average molecular weight is 222 g/mol. The van der Waals surface area contributed by atoms with Gasteiger partial charge in [-0.2, -0.15) is 0 Å². The van der Waals surface area contributed by atoms with Crippen molar-refractivity contribution in [3.63, 3.8) is 0 Å². The first-order valence-corrected chi connectivity index (χ1v) is 5.82. The van der Waals surface area contributed by atoms with Gasteiger partial charge in [0.2, 0.25) is 0 Å². The van der Waals surface area contributed by atoms with E-state index in [0.717, 1.165) is 30.8 Å². The Morgan fingerprint density at radius 2 is 2.31 bits per heavy atom. The molecule has 3 nitrogen and oxygen atoms in total. The Labute approximate surface area is 96.0 Å². The number of rotatable bonds is 4. The molecule has 3 heteroatoms. The summed E-state index contributed by atoms with van der Waals surface area (Å²) in [5.41, 5.74) is 0.877. The van der Waals surface area contributed by atoms with Crippen LogP contribution in [0.1, 0.15) is 24.8 Å². The van der Waals surface area contributed by atoms with Gasteiger partial charge in [-0.15, -0.1) is 0 Å². The zero-order chi connectivity index (χ0) is 11.2. The quantitative estimate of drug-likeness (QED) is 0.848. The monoisotopic (exact) mass is 222 g/mol. The Kier molecular flexibility index (Phi) is 4.19. The second-order valence-electron chi connectivity index (χ2n) is 4.11. The smallest absolute Gasteiger partial charge is 0.119 e. The lowest BCUT2D eigenvalue weighted by Gasteiger charge is -2.22. The molecule has 0 aromatic heterocycles. The number of hydrogen-bond donors (Lipinski definition) is 1. The van der Waals surface area contributed by atoms with Crippen LogP contribution in [0.2, 0.25) is 0 Å². The number of aliphatic hydroxyl groups is 1. The summed E-state index contributed by atoms with van der Waals surface area (Å²) in [6, 6.07) is 7.54. The van der Waals surface area contributed by atoms with Gasteiger partial charge < -0.3 is 14.6 Å². The summed E-state index contributed by atoms with van der Waals surface area (Å²) < 4.78 is 11.2. The lowest BCUT2D eigenvalue weighted by atomic mass is 10.1. The van der Waals surface area contributed by atoms with Crippen molar-refractivity contribution in [2.75, 3.05) is 13.2 Å². The van der Waals surface area contributed by atoms with Crippen molar-refractivity contribution in [1.82, 2.24) is 0 Å². The fraction of sp³-hybridized carbons (Fsp3) is 0.538.